The molecular weight excluding hydrogens is 446 g/mol. The van der Waals surface area contributed by atoms with Gasteiger partial charge < -0.3 is 24.4 Å². The average molecular weight is 474 g/mol. The molecular formula is C23H27N3O4S2. The largest absolute Gasteiger partial charge is 0.492 e. The topological polar surface area (TPSA) is 72.9 Å². The number of rotatable bonds is 9. The molecule has 1 aromatic heterocycles. The number of nitrogens with zero attached hydrogens (tertiary/aromatic N) is 2. The Hall–Kier alpha value is -2.49. The standard InChI is InChI=1S/C23H27N3O4S2/c1-3-29-19-14-18(26-9-11-28-12-10-26)20(30-4-2)13-17(19)24-22(27)15-31-23-25-16-7-5-6-8-21(16)32-23/h5-8,13-14H,3-4,9-12,15H2,1-2H3,(H,24,27). The SMILES string of the molecule is CCOc1cc(N2CCOCC2)c(OCC)cc1NC(=O)CSc1nc2ccccc2s1. The molecule has 0 bridgehead atoms. The number of nitrogens with one attached hydrogen (secondary N) is 1. The Morgan fingerprint density at radius 3 is 2.66 bits per heavy atom. The summed E-state index contributed by atoms with van der Waals surface area (Å²) in [6.07, 6.45) is 0. The van der Waals surface area contributed by atoms with Crippen LogP contribution < -0.4 is 19.7 Å². The number of hydrogen-bond acceptors (Lipinski definition) is 8. The van der Waals surface area contributed by atoms with Gasteiger partial charge in [-0.25, -0.2) is 4.98 Å². The monoisotopic (exact) mass is 473 g/mol. The number of para-hydroxylation sites is 1. The van der Waals surface area contributed by atoms with E-state index < -0.39 is 0 Å². The molecule has 1 fully saturated rings. The molecule has 1 aliphatic heterocycles. The van der Waals surface area contributed by atoms with Gasteiger partial charge in [0.2, 0.25) is 5.91 Å². The summed E-state index contributed by atoms with van der Waals surface area (Å²) in [4.78, 5) is 19.5. The van der Waals surface area contributed by atoms with Crippen LogP contribution in [-0.2, 0) is 9.53 Å². The van der Waals surface area contributed by atoms with Crippen molar-refractivity contribution in [2.45, 2.75) is 18.2 Å². The fourth-order valence-electron chi connectivity index (χ4n) is 3.47. The van der Waals surface area contributed by atoms with E-state index in [4.69, 9.17) is 14.2 Å². The zero-order valence-corrected chi connectivity index (χ0v) is 19.9. The molecule has 170 valence electrons. The minimum atomic E-state index is -0.114. The second-order valence-corrected chi connectivity index (χ2v) is 9.32. The highest BCUT2D eigenvalue weighted by Crippen LogP contribution is 2.39. The minimum absolute atomic E-state index is 0.114. The molecule has 7 nitrogen and oxygen atoms in total. The molecule has 0 aliphatic carbocycles. The Balaban J connectivity index is 1.50. The van der Waals surface area contributed by atoms with Crippen LogP contribution in [0.25, 0.3) is 10.2 Å². The summed E-state index contributed by atoms with van der Waals surface area (Å²) >= 11 is 3.03. The van der Waals surface area contributed by atoms with E-state index >= 15 is 0 Å². The number of carbonyl (C=O) groups excluding carboxylic acids is 1. The number of anilines is 2. The van der Waals surface area contributed by atoms with Gasteiger partial charge in [0.15, 0.2) is 4.34 Å². The lowest BCUT2D eigenvalue weighted by atomic mass is 10.2. The molecule has 0 unspecified atom stereocenters. The van der Waals surface area contributed by atoms with Crippen molar-refractivity contribution in [1.82, 2.24) is 4.98 Å². The van der Waals surface area contributed by atoms with Crippen LogP contribution >= 0.6 is 23.1 Å². The molecule has 32 heavy (non-hydrogen) atoms. The molecule has 1 N–H and O–H groups in total. The summed E-state index contributed by atoms with van der Waals surface area (Å²) in [5, 5.41) is 3.00. The molecule has 0 atom stereocenters. The van der Waals surface area contributed by atoms with Gasteiger partial charge in [-0.3, -0.25) is 4.79 Å². The van der Waals surface area contributed by atoms with Gasteiger partial charge in [-0.1, -0.05) is 23.9 Å². The van der Waals surface area contributed by atoms with E-state index in [1.807, 2.05) is 50.2 Å². The first-order chi connectivity index (χ1) is 15.7. The fourth-order valence-corrected chi connectivity index (χ4v) is 5.34. The van der Waals surface area contributed by atoms with Crippen LogP contribution in [0.5, 0.6) is 11.5 Å². The lowest BCUT2D eigenvalue weighted by Crippen LogP contribution is -2.36. The highest BCUT2D eigenvalue weighted by molar-refractivity contribution is 8.01. The summed E-state index contributed by atoms with van der Waals surface area (Å²) in [7, 11) is 0. The van der Waals surface area contributed by atoms with Crippen LogP contribution in [0.15, 0.2) is 40.7 Å². The van der Waals surface area contributed by atoms with Gasteiger partial charge >= 0.3 is 0 Å². The highest BCUT2D eigenvalue weighted by atomic mass is 32.2. The quantitative estimate of drug-likeness (QED) is 0.453. The van der Waals surface area contributed by atoms with Gasteiger partial charge in [0.1, 0.15) is 11.5 Å². The predicted octanol–water partition coefficient (Wildman–Crippen LogP) is 4.66. The second-order valence-electron chi connectivity index (χ2n) is 7.07. The van der Waals surface area contributed by atoms with E-state index in [1.54, 1.807) is 11.3 Å². The number of thioether (sulfide) groups is 1. The third-order valence-electron chi connectivity index (χ3n) is 4.89. The van der Waals surface area contributed by atoms with Crippen LogP contribution in [0.2, 0.25) is 0 Å². The molecule has 2 aromatic carbocycles. The smallest absolute Gasteiger partial charge is 0.234 e. The maximum absolute atomic E-state index is 12.7. The van der Waals surface area contributed by atoms with Gasteiger partial charge in [-0.05, 0) is 26.0 Å². The summed E-state index contributed by atoms with van der Waals surface area (Å²) in [6, 6.07) is 11.8. The minimum Gasteiger partial charge on any atom is -0.492 e. The van der Waals surface area contributed by atoms with Crippen LogP contribution in [-0.4, -0.2) is 56.2 Å². The third-order valence-corrected chi connectivity index (χ3v) is 7.07. The van der Waals surface area contributed by atoms with Gasteiger partial charge in [-0.2, -0.15) is 0 Å². The Labute approximate surface area is 196 Å². The number of benzene rings is 2. The fraction of sp³-hybridized carbons (Fsp3) is 0.391. The number of amides is 1. The van der Waals surface area contributed by atoms with Crippen molar-refractivity contribution in [3.8, 4) is 11.5 Å². The Morgan fingerprint density at radius 1 is 1.16 bits per heavy atom. The van der Waals surface area contributed by atoms with E-state index in [9.17, 15) is 4.79 Å². The van der Waals surface area contributed by atoms with Crippen molar-refractivity contribution in [3.63, 3.8) is 0 Å². The van der Waals surface area contributed by atoms with Crippen LogP contribution in [0.1, 0.15) is 13.8 Å². The van der Waals surface area contributed by atoms with Crippen molar-refractivity contribution in [3.05, 3.63) is 36.4 Å². The Bertz CT molecular complexity index is 1030. The van der Waals surface area contributed by atoms with E-state index in [0.717, 1.165) is 39.1 Å². The van der Waals surface area contributed by atoms with E-state index in [-0.39, 0.29) is 11.7 Å². The molecule has 1 amide bonds. The Kier molecular flexibility index (Phi) is 7.72. The van der Waals surface area contributed by atoms with Crippen molar-refractivity contribution < 1.29 is 19.0 Å². The first-order valence-corrected chi connectivity index (χ1v) is 12.5. The van der Waals surface area contributed by atoms with Gasteiger partial charge in [-0.15, -0.1) is 11.3 Å². The van der Waals surface area contributed by atoms with Gasteiger partial charge in [0, 0.05) is 25.2 Å². The maximum Gasteiger partial charge on any atom is 0.234 e. The molecule has 0 radical (unpaired) electrons. The van der Waals surface area contributed by atoms with Crippen LogP contribution in [0.3, 0.4) is 0 Å². The van der Waals surface area contributed by atoms with Crippen molar-refractivity contribution in [2.24, 2.45) is 0 Å². The number of carbonyl (C=O) groups is 1. The van der Waals surface area contributed by atoms with Crippen molar-refractivity contribution >= 4 is 50.6 Å². The van der Waals surface area contributed by atoms with Crippen molar-refractivity contribution in [2.75, 3.05) is 55.5 Å². The molecule has 1 aliphatic rings. The summed E-state index contributed by atoms with van der Waals surface area (Å²) in [5.74, 6) is 1.51. The van der Waals surface area contributed by atoms with Crippen LogP contribution in [0.4, 0.5) is 11.4 Å². The summed E-state index contributed by atoms with van der Waals surface area (Å²) in [5.41, 5.74) is 2.53. The molecule has 0 spiro atoms. The first-order valence-electron chi connectivity index (χ1n) is 10.7. The van der Waals surface area contributed by atoms with Crippen molar-refractivity contribution in [1.29, 1.82) is 0 Å². The third kappa shape index (κ3) is 5.46. The van der Waals surface area contributed by atoms with E-state index in [1.165, 1.54) is 11.8 Å². The second kappa shape index (κ2) is 10.9. The molecule has 1 saturated heterocycles. The maximum atomic E-state index is 12.7. The first kappa shape index (κ1) is 22.7. The highest BCUT2D eigenvalue weighted by Gasteiger charge is 2.20. The van der Waals surface area contributed by atoms with Gasteiger partial charge in [0.25, 0.3) is 0 Å². The average Bonchev–Trinajstić information content (AvgIpc) is 3.23. The number of hydrogen-bond donors (Lipinski definition) is 1. The molecule has 2 heterocycles. The number of aromatic nitrogens is 1. The normalized spacial score (nSPS) is 13.9. The number of fused-ring (bicyclic) bond motifs is 1. The van der Waals surface area contributed by atoms with E-state index in [0.29, 0.717) is 37.9 Å². The lowest BCUT2D eigenvalue weighted by Gasteiger charge is -2.31. The molecule has 3 aromatic rings. The summed E-state index contributed by atoms with van der Waals surface area (Å²) in [6.45, 7) is 7.85. The number of morpholine rings is 1. The van der Waals surface area contributed by atoms with Crippen LogP contribution in [0, 0.1) is 0 Å². The molecule has 4 rings (SSSR count). The zero-order valence-electron chi connectivity index (χ0n) is 18.3. The Morgan fingerprint density at radius 2 is 1.91 bits per heavy atom. The predicted molar refractivity (Wildman–Crippen MR) is 131 cm³/mol. The number of ether oxygens (including phenoxy) is 3. The summed E-state index contributed by atoms with van der Waals surface area (Å²) < 4.78 is 19.2. The zero-order chi connectivity index (χ0) is 22.3. The molecule has 0 saturated carbocycles. The van der Waals surface area contributed by atoms with E-state index in [2.05, 4.69) is 15.2 Å². The molecule has 9 heteroatoms. The lowest BCUT2D eigenvalue weighted by molar-refractivity contribution is -0.113. The number of thiazole rings is 1. The van der Waals surface area contributed by atoms with Gasteiger partial charge in [0.05, 0.1) is 53.8 Å².